The van der Waals surface area contributed by atoms with E-state index < -0.39 is 54.7 Å². The molecule has 3 amide bonds. The number of nitrogens with two attached hydrogens (primary N) is 1. The molecule has 2 fully saturated rings. The summed E-state index contributed by atoms with van der Waals surface area (Å²) >= 11 is 6.09. The normalized spacial score (nSPS) is 20.4. The van der Waals surface area contributed by atoms with Gasteiger partial charge in [-0.15, -0.1) is 0 Å². The van der Waals surface area contributed by atoms with E-state index in [2.05, 4.69) is 15.6 Å². The number of halogens is 4. The Morgan fingerprint density at radius 3 is 2.38 bits per heavy atom. The monoisotopic (exact) mass is 574 g/mol. The third kappa shape index (κ3) is 6.66. The molecule has 1 heterocycles. The molecule has 212 valence electrons. The lowest BCUT2D eigenvalue weighted by atomic mass is 9.83. The number of rotatable bonds is 10. The summed E-state index contributed by atoms with van der Waals surface area (Å²) in [7, 11) is 0. The molecule has 2 aliphatic carbocycles. The summed E-state index contributed by atoms with van der Waals surface area (Å²) in [5, 5.41) is 5.95. The molecule has 1 aliphatic heterocycles. The van der Waals surface area contributed by atoms with Crippen LogP contribution in [0.4, 0.5) is 18.9 Å². The number of fused-ring (bicyclic) bond motifs is 1. The number of alkyl halides is 3. The highest BCUT2D eigenvalue weighted by atomic mass is 35.5. The average molecular weight is 575 g/mol. The molecule has 2 aromatic carbocycles. The minimum absolute atomic E-state index is 0.143. The first-order valence-electron chi connectivity index (χ1n) is 13.4. The Kier molecular flexibility index (Phi) is 7.90. The van der Waals surface area contributed by atoms with Gasteiger partial charge in [0.1, 0.15) is 0 Å². The smallest absolute Gasteiger partial charge is 0.369 e. The summed E-state index contributed by atoms with van der Waals surface area (Å²) in [4.78, 5) is 43.9. The quantitative estimate of drug-likeness (QED) is 0.357. The predicted octanol–water partition coefficient (Wildman–Crippen LogP) is 5.31. The van der Waals surface area contributed by atoms with Crippen LogP contribution >= 0.6 is 11.6 Å². The second-order valence-corrected chi connectivity index (χ2v) is 11.3. The number of carbonyl (C=O) groups is 3. The van der Waals surface area contributed by atoms with E-state index in [0.29, 0.717) is 33.5 Å². The first kappa shape index (κ1) is 28.1. The van der Waals surface area contributed by atoms with Crippen molar-refractivity contribution in [1.29, 1.82) is 0 Å². The molecule has 3 aliphatic rings. The molecule has 0 spiro atoms. The van der Waals surface area contributed by atoms with Gasteiger partial charge in [-0.1, -0.05) is 54.8 Å². The van der Waals surface area contributed by atoms with Gasteiger partial charge in [0, 0.05) is 34.4 Å². The number of aliphatic imine (C=N–C) groups is 1. The third-order valence-corrected chi connectivity index (χ3v) is 7.98. The van der Waals surface area contributed by atoms with Crippen LogP contribution in [-0.4, -0.2) is 35.8 Å². The fraction of sp³-hybridized carbons (Fsp3) is 0.448. The van der Waals surface area contributed by atoms with E-state index in [0.717, 1.165) is 31.2 Å². The molecule has 40 heavy (non-hydrogen) atoms. The zero-order valence-electron chi connectivity index (χ0n) is 21.6. The van der Waals surface area contributed by atoms with Gasteiger partial charge in [0.25, 0.3) is 5.91 Å². The van der Waals surface area contributed by atoms with E-state index in [4.69, 9.17) is 17.3 Å². The summed E-state index contributed by atoms with van der Waals surface area (Å²) in [6.45, 7) is 0. The Balaban J connectivity index is 1.49. The highest BCUT2D eigenvalue weighted by Gasteiger charge is 2.41. The van der Waals surface area contributed by atoms with E-state index >= 15 is 0 Å². The van der Waals surface area contributed by atoms with Crippen LogP contribution in [0.25, 0.3) is 0 Å². The van der Waals surface area contributed by atoms with Crippen molar-refractivity contribution in [2.45, 2.75) is 63.2 Å². The summed E-state index contributed by atoms with van der Waals surface area (Å²) in [5.41, 5.74) is 8.86. The largest absolute Gasteiger partial charge is 0.389 e. The Bertz CT molecular complexity index is 1340. The maximum absolute atomic E-state index is 13.5. The second kappa shape index (κ2) is 11.2. The van der Waals surface area contributed by atoms with Gasteiger partial charge in [0.15, 0.2) is 0 Å². The van der Waals surface area contributed by atoms with Crippen molar-refractivity contribution in [3.05, 3.63) is 64.2 Å². The molecule has 2 saturated carbocycles. The number of benzene rings is 2. The summed E-state index contributed by atoms with van der Waals surface area (Å²) in [6, 6.07) is 12.5. The number of anilines is 1. The third-order valence-electron chi connectivity index (χ3n) is 7.73. The standard InChI is InChI=1S/C29H30ClF3N4O3/c30-18-10-8-17(9-11-18)23-21-3-1-2-19(16-6-7-16)24(21)36-28(40)26(35-23)37-27(39)20(12-13-29(31,32)33)22(25(34)38)14-15-4-5-15/h1-3,8-11,15-16,20,22,26H,4-7,12-14H2,(H2,34,38)(H,36,40)(H,37,39)/t20-,22+,26-/m1/s1. The highest BCUT2D eigenvalue weighted by Crippen LogP contribution is 2.45. The van der Waals surface area contributed by atoms with Crippen molar-refractivity contribution in [3.63, 3.8) is 0 Å². The molecule has 4 N–H and O–H groups in total. The number of hydrogen-bond acceptors (Lipinski definition) is 4. The van der Waals surface area contributed by atoms with Gasteiger partial charge in [-0.2, -0.15) is 13.2 Å². The van der Waals surface area contributed by atoms with Crippen molar-refractivity contribution in [2.75, 3.05) is 5.32 Å². The zero-order chi connectivity index (χ0) is 28.6. The van der Waals surface area contributed by atoms with Gasteiger partial charge < -0.3 is 16.4 Å². The van der Waals surface area contributed by atoms with Crippen LogP contribution in [0.2, 0.25) is 5.02 Å². The molecule has 0 unspecified atom stereocenters. The number of para-hydroxylation sites is 1. The molecule has 3 atom stereocenters. The van der Waals surface area contributed by atoms with Crippen LogP contribution in [0.1, 0.15) is 67.6 Å². The van der Waals surface area contributed by atoms with Gasteiger partial charge in [0.05, 0.1) is 11.4 Å². The molecule has 0 aromatic heterocycles. The SMILES string of the molecule is NC(=O)[C@@H](CC1CC1)[C@@H](CCC(F)(F)F)C(=O)N[C@H]1N=C(c2ccc(Cl)cc2)c2cccc(C3CC3)c2NC1=O. The fourth-order valence-corrected chi connectivity index (χ4v) is 5.42. The van der Waals surface area contributed by atoms with Gasteiger partial charge in [-0.3, -0.25) is 14.4 Å². The highest BCUT2D eigenvalue weighted by molar-refractivity contribution is 6.31. The fourth-order valence-electron chi connectivity index (χ4n) is 5.29. The topological polar surface area (TPSA) is 114 Å². The number of nitrogens with one attached hydrogen (secondary N) is 2. The molecule has 0 bridgehead atoms. The predicted molar refractivity (Wildman–Crippen MR) is 145 cm³/mol. The second-order valence-electron chi connectivity index (χ2n) is 10.9. The van der Waals surface area contributed by atoms with Crippen molar-refractivity contribution < 1.29 is 27.6 Å². The van der Waals surface area contributed by atoms with E-state index in [9.17, 15) is 27.6 Å². The Labute approximate surface area is 234 Å². The van der Waals surface area contributed by atoms with Crippen molar-refractivity contribution in [2.24, 2.45) is 28.5 Å². The van der Waals surface area contributed by atoms with E-state index in [-0.39, 0.29) is 12.3 Å². The summed E-state index contributed by atoms with van der Waals surface area (Å²) < 4.78 is 39.5. The van der Waals surface area contributed by atoms with Crippen molar-refractivity contribution >= 4 is 40.7 Å². The van der Waals surface area contributed by atoms with Crippen LogP contribution in [-0.2, 0) is 14.4 Å². The van der Waals surface area contributed by atoms with E-state index in [1.54, 1.807) is 24.3 Å². The van der Waals surface area contributed by atoms with Crippen molar-refractivity contribution in [1.82, 2.24) is 5.32 Å². The van der Waals surface area contributed by atoms with Crippen LogP contribution < -0.4 is 16.4 Å². The number of amides is 3. The molecule has 2 aromatic rings. The lowest BCUT2D eigenvalue weighted by molar-refractivity contribution is -0.146. The average Bonchev–Trinajstić information content (AvgIpc) is 3.80. The number of primary amides is 1. The lowest BCUT2D eigenvalue weighted by Gasteiger charge is -2.26. The van der Waals surface area contributed by atoms with Crippen LogP contribution in [0.15, 0.2) is 47.5 Å². The van der Waals surface area contributed by atoms with Gasteiger partial charge in [-0.25, -0.2) is 4.99 Å². The molecule has 0 saturated heterocycles. The maximum Gasteiger partial charge on any atom is 0.389 e. The molecule has 5 rings (SSSR count). The lowest BCUT2D eigenvalue weighted by Crippen LogP contribution is -2.48. The Morgan fingerprint density at radius 1 is 1.07 bits per heavy atom. The molecule has 7 nitrogen and oxygen atoms in total. The van der Waals surface area contributed by atoms with E-state index in [1.165, 1.54) is 0 Å². The first-order valence-corrected chi connectivity index (χ1v) is 13.8. The van der Waals surface area contributed by atoms with Crippen LogP contribution in [0, 0.1) is 17.8 Å². The van der Waals surface area contributed by atoms with Crippen LogP contribution in [0.3, 0.4) is 0 Å². The first-order chi connectivity index (χ1) is 19.0. The minimum Gasteiger partial charge on any atom is -0.369 e. The number of hydrogen-bond donors (Lipinski definition) is 3. The van der Waals surface area contributed by atoms with E-state index in [1.807, 2.05) is 18.2 Å². The maximum atomic E-state index is 13.5. The molecule has 11 heteroatoms. The zero-order valence-corrected chi connectivity index (χ0v) is 22.4. The minimum atomic E-state index is -4.53. The van der Waals surface area contributed by atoms with Gasteiger partial charge in [-0.05, 0) is 55.2 Å². The summed E-state index contributed by atoms with van der Waals surface area (Å²) in [5.74, 6) is -4.31. The van der Waals surface area contributed by atoms with Crippen LogP contribution in [0.5, 0.6) is 0 Å². The molecular formula is C29H30ClF3N4O3. The van der Waals surface area contributed by atoms with Gasteiger partial charge in [0.2, 0.25) is 18.0 Å². The van der Waals surface area contributed by atoms with Crippen molar-refractivity contribution in [3.8, 4) is 0 Å². The number of carbonyl (C=O) groups excluding carboxylic acids is 3. The Hall–Kier alpha value is -3.40. The number of benzodiazepines with no additional fused rings is 1. The summed E-state index contributed by atoms with van der Waals surface area (Å²) in [6.07, 6.45) is -3.99. The van der Waals surface area contributed by atoms with Gasteiger partial charge >= 0.3 is 6.18 Å². The number of nitrogens with zero attached hydrogens (tertiary/aromatic N) is 1. The molecule has 0 radical (unpaired) electrons. The molecular weight excluding hydrogens is 545 g/mol. The Morgan fingerprint density at radius 2 is 1.77 bits per heavy atom.